The van der Waals surface area contributed by atoms with Crippen LogP contribution in [-0.4, -0.2) is 22.2 Å². The third-order valence-corrected chi connectivity index (χ3v) is 3.52. The number of carbonyl (C=O) groups is 1. The van der Waals surface area contributed by atoms with Gasteiger partial charge in [-0.1, -0.05) is 20.8 Å². The smallest absolute Gasteiger partial charge is 0.335 e. The Morgan fingerprint density at radius 1 is 1.35 bits per heavy atom. The Balaban J connectivity index is 2.68. The van der Waals surface area contributed by atoms with Crippen LogP contribution < -0.4 is 5.73 Å². The van der Waals surface area contributed by atoms with Crippen molar-refractivity contribution in [2.75, 3.05) is 6.54 Å². The fourth-order valence-electron chi connectivity index (χ4n) is 2.49. The number of hydrogen-bond donors (Lipinski definition) is 2. The summed E-state index contributed by atoms with van der Waals surface area (Å²) in [5, 5.41) is 10.2. The largest absolute Gasteiger partial charge is 0.478 e. The fourth-order valence-corrected chi connectivity index (χ4v) is 2.49. The standard InChI is InChI=1S/C16H22N2O2/c1-16(2,3)13-10-12(15(19)20)9-11-5-8-18(14(11)13)7-4-6-17/h5,8-10H,4,6-7,17H2,1-3H3,(H,19,20). The molecular weight excluding hydrogens is 252 g/mol. The first-order chi connectivity index (χ1) is 9.34. The van der Waals surface area contributed by atoms with E-state index in [9.17, 15) is 9.90 Å². The van der Waals surface area contributed by atoms with Crippen LogP contribution in [0.4, 0.5) is 0 Å². The molecule has 0 bridgehead atoms. The van der Waals surface area contributed by atoms with Crippen molar-refractivity contribution in [2.45, 2.75) is 39.2 Å². The molecular formula is C16H22N2O2. The topological polar surface area (TPSA) is 68.2 Å². The molecule has 0 fully saturated rings. The molecule has 0 aliphatic rings. The van der Waals surface area contributed by atoms with Crippen molar-refractivity contribution in [1.29, 1.82) is 0 Å². The summed E-state index contributed by atoms with van der Waals surface area (Å²) >= 11 is 0. The molecule has 0 unspecified atom stereocenters. The van der Waals surface area contributed by atoms with E-state index in [0.717, 1.165) is 29.4 Å². The summed E-state index contributed by atoms with van der Waals surface area (Å²) in [5.41, 5.74) is 8.01. The predicted molar refractivity (Wildman–Crippen MR) is 81.3 cm³/mol. The number of carboxylic acid groups (broad SMARTS) is 1. The molecule has 20 heavy (non-hydrogen) atoms. The van der Waals surface area contributed by atoms with Gasteiger partial charge in [0, 0.05) is 18.1 Å². The zero-order valence-corrected chi connectivity index (χ0v) is 12.3. The maximum absolute atomic E-state index is 11.3. The summed E-state index contributed by atoms with van der Waals surface area (Å²) in [6.45, 7) is 7.82. The summed E-state index contributed by atoms with van der Waals surface area (Å²) < 4.78 is 2.18. The number of aryl methyl sites for hydroxylation is 1. The van der Waals surface area contributed by atoms with E-state index in [0.29, 0.717) is 12.1 Å². The SMILES string of the molecule is CC(C)(C)c1cc(C(=O)O)cc2ccn(CCCN)c12. The highest BCUT2D eigenvalue weighted by Crippen LogP contribution is 2.32. The van der Waals surface area contributed by atoms with Gasteiger partial charge < -0.3 is 15.4 Å². The zero-order valence-electron chi connectivity index (χ0n) is 12.3. The third-order valence-electron chi connectivity index (χ3n) is 3.52. The number of rotatable bonds is 4. The number of carboxylic acids is 1. The Morgan fingerprint density at radius 3 is 2.60 bits per heavy atom. The van der Waals surface area contributed by atoms with Crippen molar-refractivity contribution in [3.63, 3.8) is 0 Å². The second-order valence-corrected chi connectivity index (χ2v) is 6.17. The summed E-state index contributed by atoms with van der Waals surface area (Å²) in [5.74, 6) is -0.882. The van der Waals surface area contributed by atoms with Crippen molar-refractivity contribution in [3.8, 4) is 0 Å². The van der Waals surface area contributed by atoms with E-state index in [1.165, 1.54) is 0 Å². The zero-order chi connectivity index (χ0) is 14.9. The fraction of sp³-hybridized carbons (Fsp3) is 0.438. The minimum atomic E-state index is -0.882. The average molecular weight is 274 g/mol. The van der Waals surface area contributed by atoms with Gasteiger partial charge in [0.25, 0.3) is 0 Å². The van der Waals surface area contributed by atoms with Gasteiger partial charge in [0.15, 0.2) is 0 Å². The van der Waals surface area contributed by atoms with E-state index in [2.05, 4.69) is 25.3 Å². The van der Waals surface area contributed by atoms with E-state index in [1.54, 1.807) is 12.1 Å². The van der Waals surface area contributed by atoms with E-state index in [-0.39, 0.29) is 5.41 Å². The molecule has 0 atom stereocenters. The number of benzene rings is 1. The number of aromatic carboxylic acids is 1. The number of aromatic nitrogens is 1. The molecule has 0 saturated heterocycles. The van der Waals surface area contributed by atoms with Gasteiger partial charge in [-0.2, -0.15) is 0 Å². The Kier molecular flexibility index (Phi) is 3.86. The minimum Gasteiger partial charge on any atom is -0.478 e. The molecule has 0 radical (unpaired) electrons. The van der Waals surface area contributed by atoms with Crippen molar-refractivity contribution < 1.29 is 9.90 Å². The Labute approximate surface area is 119 Å². The molecule has 0 aliphatic heterocycles. The van der Waals surface area contributed by atoms with Gasteiger partial charge in [-0.25, -0.2) is 4.79 Å². The molecule has 3 N–H and O–H groups in total. The van der Waals surface area contributed by atoms with Crippen LogP contribution in [0.3, 0.4) is 0 Å². The maximum atomic E-state index is 11.3. The van der Waals surface area contributed by atoms with Crippen LogP contribution >= 0.6 is 0 Å². The number of nitrogens with zero attached hydrogens (tertiary/aromatic N) is 1. The molecule has 0 spiro atoms. The average Bonchev–Trinajstić information content (AvgIpc) is 2.76. The van der Waals surface area contributed by atoms with Crippen LogP contribution in [0.15, 0.2) is 24.4 Å². The summed E-state index contributed by atoms with van der Waals surface area (Å²) in [6.07, 6.45) is 2.93. The molecule has 4 nitrogen and oxygen atoms in total. The van der Waals surface area contributed by atoms with Crippen LogP contribution in [0.5, 0.6) is 0 Å². The van der Waals surface area contributed by atoms with Crippen molar-refractivity contribution in [2.24, 2.45) is 5.73 Å². The first-order valence-corrected chi connectivity index (χ1v) is 6.91. The minimum absolute atomic E-state index is 0.109. The van der Waals surface area contributed by atoms with Crippen LogP contribution in [0.2, 0.25) is 0 Å². The van der Waals surface area contributed by atoms with Gasteiger partial charge in [-0.15, -0.1) is 0 Å². The molecule has 0 saturated carbocycles. The summed E-state index contributed by atoms with van der Waals surface area (Å²) in [7, 11) is 0. The van der Waals surface area contributed by atoms with Crippen molar-refractivity contribution in [1.82, 2.24) is 4.57 Å². The quantitative estimate of drug-likeness (QED) is 0.900. The van der Waals surface area contributed by atoms with Crippen LogP contribution in [0, 0.1) is 0 Å². The van der Waals surface area contributed by atoms with Gasteiger partial charge >= 0.3 is 5.97 Å². The summed E-state index contributed by atoms with van der Waals surface area (Å²) in [6, 6.07) is 5.52. The van der Waals surface area contributed by atoms with Gasteiger partial charge in [0.05, 0.1) is 11.1 Å². The lowest BCUT2D eigenvalue weighted by atomic mass is 9.84. The lowest BCUT2D eigenvalue weighted by Gasteiger charge is -2.22. The Bertz CT molecular complexity index is 636. The highest BCUT2D eigenvalue weighted by Gasteiger charge is 2.21. The lowest BCUT2D eigenvalue weighted by Crippen LogP contribution is -2.15. The predicted octanol–water partition coefficient (Wildman–Crippen LogP) is 2.99. The van der Waals surface area contributed by atoms with Gasteiger partial charge in [-0.05, 0) is 42.1 Å². The molecule has 1 aromatic heterocycles. The van der Waals surface area contributed by atoms with Gasteiger partial charge in [0.2, 0.25) is 0 Å². The highest BCUT2D eigenvalue weighted by molar-refractivity contribution is 5.95. The maximum Gasteiger partial charge on any atom is 0.335 e. The van der Waals surface area contributed by atoms with Crippen LogP contribution in [0.25, 0.3) is 10.9 Å². The molecule has 1 aromatic carbocycles. The van der Waals surface area contributed by atoms with Crippen LogP contribution in [0.1, 0.15) is 43.1 Å². The number of hydrogen-bond acceptors (Lipinski definition) is 2. The highest BCUT2D eigenvalue weighted by atomic mass is 16.4. The second kappa shape index (κ2) is 5.29. The number of fused-ring (bicyclic) bond motifs is 1. The van der Waals surface area contributed by atoms with Crippen molar-refractivity contribution in [3.05, 3.63) is 35.5 Å². The van der Waals surface area contributed by atoms with Crippen molar-refractivity contribution >= 4 is 16.9 Å². The molecule has 1 heterocycles. The lowest BCUT2D eigenvalue weighted by molar-refractivity contribution is 0.0697. The summed E-state index contributed by atoms with van der Waals surface area (Å²) in [4.78, 5) is 11.3. The molecule has 0 aliphatic carbocycles. The molecule has 2 aromatic rings. The van der Waals surface area contributed by atoms with Crippen LogP contribution in [-0.2, 0) is 12.0 Å². The first kappa shape index (κ1) is 14.6. The van der Waals surface area contributed by atoms with E-state index >= 15 is 0 Å². The van der Waals surface area contributed by atoms with Gasteiger partial charge in [-0.3, -0.25) is 0 Å². The van der Waals surface area contributed by atoms with E-state index in [4.69, 9.17) is 5.73 Å². The molecule has 4 heteroatoms. The Morgan fingerprint density at radius 2 is 2.05 bits per heavy atom. The van der Waals surface area contributed by atoms with E-state index in [1.807, 2.05) is 12.3 Å². The van der Waals surface area contributed by atoms with E-state index < -0.39 is 5.97 Å². The molecule has 108 valence electrons. The number of nitrogens with two attached hydrogens (primary N) is 1. The second-order valence-electron chi connectivity index (χ2n) is 6.17. The molecule has 0 amide bonds. The monoisotopic (exact) mass is 274 g/mol. The molecule has 2 rings (SSSR count). The van der Waals surface area contributed by atoms with Gasteiger partial charge in [0.1, 0.15) is 0 Å². The Hall–Kier alpha value is -1.81. The normalized spacial score (nSPS) is 12.0. The third kappa shape index (κ3) is 2.70. The first-order valence-electron chi connectivity index (χ1n) is 6.91.